The highest BCUT2D eigenvalue weighted by Gasteiger charge is 2.37. The molecule has 0 radical (unpaired) electrons. The molecular formula is C13H14FNO4. The number of nitrogens with zero attached hydrogens (tertiary/aromatic N) is 1. The molecule has 0 amide bonds. The monoisotopic (exact) mass is 267 g/mol. The molecule has 5 nitrogen and oxygen atoms in total. The topological polar surface area (TPSA) is 77.3 Å². The van der Waals surface area contributed by atoms with Crippen molar-refractivity contribution in [3.8, 4) is 0 Å². The number of carbonyl (C=O) groups excluding carboxylic acids is 2. The Morgan fingerprint density at radius 1 is 1.26 bits per heavy atom. The van der Waals surface area contributed by atoms with E-state index in [-0.39, 0.29) is 0 Å². The molecule has 0 bridgehead atoms. The minimum atomic E-state index is -2.39. The average Bonchev–Trinajstić information content (AvgIpc) is 2.34. The third-order valence-electron chi connectivity index (χ3n) is 2.57. The van der Waals surface area contributed by atoms with Crippen LogP contribution in [0.15, 0.2) is 24.3 Å². The Labute approximate surface area is 109 Å². The molecule has 1 aromatic carbocycles. The molecule has 0 saturated carbocycles. The van der Waals surface area contributed by atoms with Gasteiger partial charge in [0.05, 0.1) is 10.5 Å². The normalized spacial score (nSPS) is 12.8. The van der Waals surface area contributed by atoms with Gasteiger partial charge in [0.15, 0.2) is 5.78 Å². The van der Waals surface area contributed by atoms with E-state index in [9.17, 15) is 24.1 Å². The molecule has 0 aliphatic rings. The molecule has 0 spiro atoms. The second kappa shape index (κ2) is 5.26. The first-order chi connectivity index (χ1) is 8.66. The highest BCUT2D eigenvalue weighted by atomic mass is 19.1. The number of halogens is 1. The van der Waals surface area contributed by atoms with Gasteiger partial charge in [-0.2, -0.15) is 0 Å². The van der Waals surface area contributed by atoms with Gasteiger partial charge in [-0.25, -0.2) is 4.39 Å². The van der Waals surface area contributed by atoms with Gasteiger partial charge in [-0.05, 0) is 6.07 Å². The van der Waals surface area contributed by atoms with Crippen LogP contribution in [0.2, 0.25) is 0 Å². The van der Waals surface area contributed by atoms with Crippen LogP contribution < -0.4 is 0 Å². The smallest absolute Gasteiger partial charge is 0.280 e. The summed E-state index contributed by atoms with van der Waals surface area (Å²) in [5.41, 5.74) is -1.92. The Morgan fingerprint density at radius 2 is 1.79 bits per heavy atom. The molecule has 0 N–H and O–H groups in total. The quantitative estimate of drug-likeness (QED) is 0.363. The lowest BCUT2D eigenvalue weighted by atomic mass is 9.85. The van der Waals surface area contributed by atoms with E-state index in [1.807, 2.05) is 0 Å². The number of Topliss-reactive ketones (excluding diaryl/α,β-unsaturated/α-hetero) is 2. The zero-order chi connectivity index (χ0) is 14.8. The number of hydrogen-bond donors (Lipinski definition) is 0. The molecule has 0 aliphatic carbocycles. The fraction of sp³-hybridized carbons (Fsp3) is 0.385. The standard InChI is InChI=1S/C13H14FNO4/c1-13(2,3)12(17)10(14)11(16)8-6-4-5-7-9(8)15(18)19/h4-7,10H,1-3H3. The molecule has 0 aromatic heterocycles. The van der Waals surface area contributed by atoms with E-state index in [4.69, 9.17) is 0 Å². The molecule has 0 fully saturated rings. The van der Waals surface area contributed by atoms with Crippen LogP contribution in [0.5, 0.6) is 0 Å². The van der Waals surface area contributed by atoms with E-state index >= 15 is 0 Å². The van der Waals surface area contributed by atoms with Crippen molar-refractivity contribution in [2.75, 3.05) is 0 Å². The van der Waals surface area contributed by atoms with Crippen molar-refractivity contribution < 1.29 is 18.9 Å². The van der Waals surface area contributed by atoms with Crippen LogP contribution >= 0.6 is 0 Å². The van der Waals surface area contributed by atoms with E-state index in [0.717, 1.165) is 12.1 Å². The number of nitro groups is 1. The number of ketones is 2. The first-order valence-electron chi connectivity index (χ1n) is 5.62. The summed E-state index contributed by atoms with van der Waals surface area (Å²) in [5.74, 6) is -2.07. The molecule has 0 heterocycles. The van der Waals surface area contributed by atoms with Crippen LogP contribution in [0.4, 0.5) is 10.1 Å². The Balaban J connectivity index is 3.15. The summed E-state index contributed by atoms with van der Waals surface area (Å²) < 4.78 is 13.9. The van der Waals surface area contributed by atoms with Crippen LogP contribution in [0.1, 0.15) is 31.1 Å². The van der Waals surface area contributed by atoms with Gasteiger partial charge in [-0.3, -0.25) is 19.7 Å². The van der Waals surface area contributed by atoms with Crippen molar-refractivity contribution >= 4 is 17.3 Å². The minimum absolute atomic E-state index is 0.391. The predicted molar refractivity (Wildman–Crippen MR) is 66.8 cm³/mol. The van der Waals surface area contributed by atoms with Gasteiger partial charge in [0.2, 0.25) is 12.0 Å². The molecule has 0 aliphatic heterocycles. The summed E-state index contributed by atoms with van der Waals surface area (Å²) in [5, 5.41) is 10.8. The molecular weight excluding hydrogens is 253 g/mol. The molecule has 1 aromatic rings. The van der Waals surface area contributed by atoms with Crippen molar-refractivity contribution in [1.29, 1.82) is 0 Å². The largest absolute Gasteiger partial charge is 0.295 e. The van der Waals surface area contributed by atoms with Crippen molar-refractivity contribution in [2.45, 2.75) is 26.9 Å². The van der Waals surface area contributed by atoms with Crippen LogP contribution in [0.25, 0.3) is 0 Å². The fourth-order valence-corrected chi connectivity index (χ4v) is 1.48. The van der Waals surface area contributed by atoms with Crippen LogP contribution in [0, 0.1) is 15.5 Å². The van der Waals surface area contributed by atoms with Crippen molar-refractivity contribution in [2.24, 2.45) is 5.41 Å². The maximum Gasteiger partial charge on any atom is 0.280 e. The van der Waals surface area contributed by atoms with E-state index in [2.05, 4.69) is 0 Å². The summed E-state index contributed by atoms with van der Waals surface area (Å²) in [6.45, 7) is 4.44. The fourth-order valence-electron chi connectivity index (χ4n) is 1.48. The van der Waals surface area contributed by atoms with Gasteiger partial charge in [0, 0.05) is 11.5 Å². The van der Waals surface area contributed by atoms with Crippen LogP contribution in [-0.4, -0.2) is 22.7 Å². The van der Waals surface area contributed by atoms with E-state index < -0.39 is 39.3 Å². The Bertz CT molecular complexity index is 534. The summed E-state index contributed by atoms with van der Waals surface area (Å²) >= 11 is 0. The third kappa shape index (κ3) is 3.21. The molecule has 1 unspecified atom stereocenters. The van der Waals surface area contributed by atoms with Crippen molar-refractivity contribution in [1.82, 2.24) is 0 Å². The minimum Gasteiger partial charge on any atom is -0.295 e. The van der Waals surface area contributed by atoms with E-state index in [0.29, 0.717) is 0 Å². The Hall–Kier alpha value is -2.11. The number of alkyl halides is 1. The van der Waals surface area contributed by atoms with Gasteiger partial charge >= 0.3 is 0 Å². The number of hydrogen-bond acceptors (Lipinski definition) is 4. The third-order valence-corrected chi connectivity index (χ3v) is 2.57. The number of nitro benzene ring substituents is 1. The first-order valence-corrected chi connectivity index (χ1v) is 5.62. The lowest BCUT2D eigenvalue weighted by molar-refractivity contribution is -0.385. The Kier molecular flexibility index (Phi) is 4.14. The Morgan fingerprint density at radius 3 is 2.26 bits per heavy atom. The SMILES string of the molecule is CC(C)(C)C(=O)C(F)C(=O)c1ccccc1[N+](=O)[O-]. The summed E-state index contributed by atoms with van der Waals surface area (Å²) in [6, 6.07) is 4.99. The van der Waals surface area contributed by atoms with Gasteiger partial charge in [-0.1, -0.05) is 32.9 Å². The van der Waals surface area contributed by atoms with Gasteiger partial charge in [-0.15, -0.1) is 0 Å². The summed E-state index contributed by atoms with van der Waals surface area (Å²) in [4.78, 5) is 33.5. The predicted octanol–water partition coefficient (Wildman–Crippen LogP) is 2.73. The summed E-state index contributed by atoms with van der Waals surface area (Å²) in [7, 11) is 0. The van der Waals surface area contributed by atoms with Crippen LogP contribution in [0.3, 0.4) is 0 Å². The van der Waals surface area contributed by atoms with Crippen molar-refractivity contribution in [3.05, 3.63) is 39.9 Å². The molecule has 102 valence electrons. The second-order valence-electron chi connectivity index (χ2n) is 5.12. The lowest BCUT2D eigenvalue weighted by Crippen LogP contribution is -2.35. The highest BCUT2D eigenvalue weighted by Crippen LogP contribution is 2.24. The maximum atomic E-state index is 13.9. The summed E-state index contributed by atoms with van der Waals surface area (Å²) in [6.07, 6.45) is -2.39. The number of rotatable bonds is 4. The highest BCUT2D eigenvalue weighted by molar-refractivity contribution is 6.15. The first kappa shape index (κ1) is 14.9. The maximum absolute atomic E-state index is 13.9. The molecule has 1 rings (SSSR count). The van der Waals surface area contributed by atoms with Gasteiger partial charge in [0.1, 0.15) is 0 Å². The zero-order valence-electron chi connectivity index (χ0n) is 10.8. The molecule has 1 atom stereocenters. The van der Waals surface area contributed by atoms with Crippen molar-refractivity contribution in [3.63, 3.8) is 0 Å². The second-order valence-corrected chi connectivity index (χ2v) is 5.12. The number of para-hydroxylation sites is 1. The molecule has 19 heavy (non-hydrogen) atoms. The van der Waals surface area contributed by atoms with E-state index in [1.54, 1.807) is 0 Å². The average molecular weight is 267 g/mol. The van der Waals surface area contributed by atoms with Crippen LogP contribution in [-0.2, 0) is 4.79 Å². The zero-order valence-corrected chi connectivity index (χ0v) is 10.8. The molecule has 0 saturated heterocycles. The lowest BCUT2D eigenvalue weighted by Gasteiger charge is -2.18. The molecule has 6 heteroatoms. The van der Waals surface area contributed by atoms with Gasteiger partial charge in [0.25, 0.3) is 5.69 Å². The van der Waals surface area contributed by atoms with E-state index in [1.165, 1.54) is 32.9 Å². The number of carbonyl (C=O) groups is 2. The number of benzene rings is 1. The van der Waals surface area contributed by atoms with Gasteiger partial charge < -0.3 is 0 Å².